The molecule has 2 aromatic carbocycles. The van der Waals surface area contributed by atoms with Crippen LogP contribution in [0.1, 0.15) is 5.69 Å². The predicted molar refractivity (Wildman–Crippen MR) is 93.6 cm³/mol. The van der Waals surface area contributed by atoms with Crippen LogP contribution in [0, 0.1) is 0 Å². The Morgan fingerprint density at radius 3 is 2.71 bits per heavy atom. The first-order valence-electron chi connectivity index (χ1n) is 6.97. The first-order valence-corrected chi connectivity index (χ1v) is 9.66. The molecule has 0 saturated heterocycles. The zero-order valence-corrected chi connectivity index (χ0v) is 15.0. The molecular formula is C16H13BrN2O4S. The average Bonchev–Trinajstić information content (AvgIpc) is 2.91. The maximum Gasteiger partial charge on any atom is 0.230 e. The maximum absolute atomic E-state index is 12.2. The van der Waals surface area contributed by atoms with Crippen molar-refractivity contribution >= 4 is 48.3 Å². The lowest BCUT2D eigenvalue weighted by atomic mass is 10.1. The van der Waals surface area contributed by atoms with Gasteiger partial charge in [0.25, 0.3) is 0 Å². The maximum atomic E-state index is 12.2. The summed E-state index contributed by atoms with van der Waals surface area (Å²) < 4.78 is 28.7. The summed E-state index contributed by atoms with van der Waals surface area (Å²) in [6.07, 6.45) is 1.18. The van der Waals surface area contributed by atoms with Crippen LogP contribution in [0.2, 0.25) is 0 Å². The molecule has 3 aromatic rings. The summed E-state index contributed by atoms with van der Waals surface area (Å²) in [7, 11) is -3.30. The van der Waals surface area contributed by atoms with E-state index in [9.17, 15) is 13.2 Å². The number of rotatable bonds is 4. The Labute approximate surface area is 146 Å². The molecule has 0 fully saturated rings. The molecule has 0 unspecified atom stereocenters. The van der Waals surface area contributed by atoms with E-state index in [0.29, 0.717) is 21.4 Å². The van der Waals surface area contributed by atoms with Gasteiger partial charge in [0, 0.05) is 16.1 Å². The highest BCUT2D eigenvalue weighted by atomic mass is 79.9. The third-order valence-corrected chi connectivity index (χ3v) is 5.19. The SMILES string of the molecule is CS(=O)(=O)c1ccc(NC(=O)Cc2noc3ccccc23)c(Br)c1. The summed E-state index contributed by atoms with van der Waals surface area (Å²) in [6.45, 7) is 0. The summed E-state index contributed by atoms with van der Waals surface area (Å²) in [6, 6.07) is 11.7. The standard InChI is InChI=1S/C16H13BrN2O4S/c1-24(21,22)10-6-7-13(12(17)8-10)18-16(20)9-14-11-4-2-3-5-15(11)23-19-14/h2-8H,9H2,1H3,(H,18,20). The molecule has 0 saturated carbocycles. The van der Waals surface area contributed by atoms with Gasteiger partial charge < -0.3 is 9.84 Å². The number of carbonyl (C=O) groups excluding carboxylic acids is 1. The molecule has 1 N–H and O–H groups in total. The quantitative estimate of drug-likeness (QED) is 0.715. The molecule has 0 spiro atoms. The fraction of sp³-hybridized carbons (Fsp3) is 0.125. The lowest BCUT2D eigenvalue weighted by Crippen LogP contribution is -2.15. The van der Waals surface area contributed by atoms with Crippen molar-refractivity contribution in [1.82, 2.24) is 5.16 Å². The van der Waals surface area contributed by atoms with Gasteiger partial charge in [-0.15, -0.1) is 0 Å². The molecule has 8 heteroatoms. The number of aromatic nitrogens is 1. The lowest BCUT2D eigenvalue weighted by molar-refractivity contribution is -0.115. The van der Waals surface area contributed by atoms with Gasteiger partial charge in [0.1, 0.15) is 5.69 Å². The monoisotopic (exact) mass is 408 g/mol. The lowest BCUT2D eigenvalue weighted by Gasteiger charge is -2.08. The number of amides is 1. The van der Waals surface area contributed by atoms with E-state index in [2.05, 4.69) is 26.4 Å². The van der Waals surface area contributed by atoms with Crippen LogP contribution in [0.4, 0.5) is 5.69 Å². The van der Waals surface area contributed by atoms with E-state index < -0.39 is 9.84 Å². The first-order chi connectivity index (χ1) is 11.3. The molecule has 6 nitrogen and oxygen atoms in total. The number of benzene rings is 2. The number of fused-ring (bicyclic) bond motifs is 1. The zero-order chi connectivity index (χ0) is 17.3. The molecule has 3 rings (SSSR count). The molecule has 0 aliphatic carbocycles. The molecule has 0 bridgehead atoms. The van der Waals surface area contributed by atoms with Gasteiger partial charge >= 0.3 is 0 Å². The average molecular weight is 409 g/mol. The van der Waals surface area contributed by atoms with Crippen LogP contribution in [-0.2, 0) is 21.1 Å². The van der Waals surface area contributed by atoms with Gasteiger partial charge in [-0.25, -0.2) is 8.42 Å². The Bertz CT molecular complexity index is 1030. The van der Waals surface area contributed by atoms with Crippen molar-refractivity contribution in [3.8, 4) is 0 Å². The van der Waals surface area contributed by atoms with Crippen LogP contribution in [-0.4, -0.2) is 25.7 Å². The second kappa shape index (κ2) is 6.37. The van der Waals surface area contributed by atoms with E-state index in [1.54, 1.807) is 12.1 Å². The second-order valence-corrected chi connectivity index (χ2v) is 8.13. The van der Waals surface area contributed by atoms with Gasteiger partial charge in [-0.1, -0.05) is 17.3 Å². The molecule has 124 valence electrons. The summed E-state index contributed by atoms with van der Waals surface area (Å²) in [5.74, 6) is -0.276. The molecule has 1 aromatic heterocycles. The Kier molecular flexibility index (Phi) is 4.42. The van der Waals surface area contributed by atoms with Gasteiger partial charge in [0.2, 0.25) is 5.91 Å². The Balaban J connectivity index is 1.78. The number of carbonyl (C=O) groups is 1. The van der Waals surface area contributed by atoms with Gasteiger partial charge in [-0.3, -0.25) is 4.79 Å². The summed E-state index contributed by atoms with van der Waals surface area (Å²) in [5, 5.41) is 7.44. The summed E-state index contributed by atoms with van der Waals surface area (Å²) >= 11 is 3.27. The van der Waals surface area contributed by atoms with Crippen LogP contribution < -0.4 is 5.32 Å². The minimum absolute atomic E-state index is 0.0529. The van der Waals surface area contributed by atoms with E-state index in [0.717, 1.165) is 11.6 Å². The Morgan fingerprint density at radius 2 is 2.00 bits per heavy atom. The number of para-hydroxylation sites is 1. The third kappa shape index (κ3) is 3.49. The second-order valence-electron chi connectivity index (χ2n) is 5.26. The number of halogens is 1. The molecule has 0 atom stereocenters. The van der Waals surface area contributed by atoms with Crippen molar-refractivity contribution in [2.75, 3.05) is 11.6 Å². The fourth-order valence-electron chi connectivity index (χ4n) is 2.24. The summed E-state index contributed by atoms with van der Waals surface area (Å²) in [5.41, 5.74) is 1.66. The van der Waals surface area contributed by atoms with Crippen LogP contribution >= 0.6 is 15.9 Å². The van der Waals surface area contributed by atoms with Gasteiger partial charge in [-0.05, 0) is 46.3 Å². The van der Waals surface area contributed by atoms with E-state index in [-0.39, 0.29) is 17.2 Å². The van der Waals surface area contributed by atoms with E-state index in [1.165, 1.54) is 12.1 Å². The number of hydrogen-bond acceptors (Lipinski definition) is 5. The normalized spacial score (nSPS) is 11.6. The number of nitrogens with one attached hydrogen (secondary N) is 1. The highest BCUT2D eigenvalue weighted by Crippen LogP contribution is 2.26. The van der Waals surface area contributed by atoms with Gasteiger partial charge in [-0.2, -0.15) is 0 Å². The van der Waals surface area contributed by atoms with Crippen LogP contribution in [0.15, 0.2) is 56.4 Å². The number of hydrogen-bond donors (Lipinski definition) is 1. The van der Waals surface area contributed by atoms with Crippen molar-refractivity contribution < 1.29 is 17.7 Å². The van der Waals surface area contributed by atoms with Gasteiger partial charge in [0.05, 0.1) is 17.0 Å². The van der Waals surface area contributed by atoms with E-state index >= 15 is 0 Å². The smallest absolute Gasteiger partial charge is 0.230 e. The molecule has 0 aliphatic heterocycles. The van der Waals surface area contributed by atoms with Gasteiger partial charge in [0.15, 0.2) is 15.4 Å². The Morgan fingerprint density at radius 1 is 1.25 bits per heavy atom. The van der Waals surface area contributed by atoms with Crippen molar-refractivity contribution in [3.63, 3.8) is 0 Å². The fourth-order valence-corrected chi connectivity index (χ4v) is 3.52. The van der Waals surface area contributed by atoms with E-state index in [4.69, 9.17) is 4.52 Å². The van der Waals surface area contributed by atoms with Crippen molar-refractivity contribution in [1.29, 1.82) is 0 Å². The number of sulfone groups is 1. The first kappa shape index (κ1) is 16.7. The molecule has 1 heterocycles. The predicted octanol–water partition coefficient (Wildman–Crippen LogP) is 3.18. The zero-order valence-electron chi connectivity index (χ0n) is 12.6. The topological polar surface area (TPSA) is 89.3 Å². The van der Waals surface area contributed by atoms with Crippen molar-refractivity contribution in [2.45, 2.75) is 11.3 Å². The minimum Gasteiger partial charge on any atom is -0.356 e. The number of nitrogens with zero attached hydrogens (tertiary/aromatic N) is 1. The number of anilines is 1. The largest absolute Gasteiger partial charge is 0.356 e. The minimum atomic E-state index is -3.30. The highest BCUT2D eigenvalue weighted by Gasteiger charge is 2.14. The van der Waals surface area contributed by atoms with E-state index in [1.807, 2.05) is 18.2 Å². The van der Waals surface area contributed by atoms with Crippen LogP contribution in [0.25, 0.3) is 11.0 Å². The highest BCUT2D eigenvalue weighted by molar-refractivity contribution is 9.10. The third-order valence-electron chi connectivity index (χ3n) is 3.42. The molecule has 1 amide bonds. The van der Waals surface area contributed by atoms with Crippen molar-refractivity contribution in [3.05, 3.63) is 52.6 Å². The van der Waals surface area contributed by atoms with Crippen LogP contribution in [0.3, 0.4) is 0 Å². The molecule has 0 radical (unpaired) electrons. The molecular weight excluding hydrogens is 396 g/mol. The molecule has 24 heavy (non-hydrogen) atoms. The summed E-state index contributed by atoms with van der Waals surface area (Å²) in [4.78, 5) is 12.4. The molecule has 0 aliphatic rings. The van der Waals surface area contributed by atoms with Crippen molar-refractivity contribution in [2.24, 2.45) is 0 Å². The Hall–Kier alpha value is -2.19. The van der Waals surface area contributed by atoms with Crippen LogP contribution in [0.5, 0.6) is 0 Å².